The number of pyridine rings is 1. The molecule has 0 aromatic carbocycles. The molecule has 1 amide bonds. The minimum Gasteiger partial charge on any atom is -0.334 e. The lowest BCUT2D eigenvalue weighted by molar-refractivity contribution is 0.0735. The monoisotopic (exact) mass is 292 g/mol. The Morgan fingerprint density at radius 3 is 3.16 bits per heavy atom. The molecular weight excluding hydrogens is 280 g/mol. The summed E-state index contributed by atoms with van der Waals surface area (Å²) in [7, 11) is 0. The minimum atomic E-state index is -0.0330. The van der Waals surface area contributed by atoms with Crippen LogP contribution < -0.4 is 0 Å². The van der Waals surface area contributed by atoms with Crippen LogP contribution in [0.2, 0.25) is 5.02 Å². The first-order chi connectivity index (χ1) is 9.15. The molecule has 19 heavy (non-hydrogen) atoms. The Balaban J connectivity index is 1.85. The molecule has 0 fully saturated rings. The first-order valence-electron chi connectivity index (χ1n) is 6.12. The minimum absolute atomic E-state index is 0.0330. The van der Waals surface area contributed by atoms with Crippen LogP contribution in [0.1, 0.15) is 26.5 Å². The van der Waals surface area contributed by atoms with Crippen LogP contribution in [0.4, 0.5) is 0 Å². The molecule has 0 unspecified atom stereocenters. The zero-order chi connectivity index (χ0) is 13.4. The lowest BCUT2D eigenvalue weighted by atomic mass is 10.1. The third kappa shape index (κ3) is 2.38. The molecule has 0 radical (unpaired) electrons. The van der Waals surface area contributed by atoms with Crippen molar-refractivity contribution in [1.82, 2.24) is 9.88 Å². The number of thiophene rings is 1. The van der Waals surface area contributed by atoms with Crippen LogP contribution in [0.25, 0.3) is 0 Å². The summed E-state index contributed by atoms with van der Waals surface area (Å²) >= 11 is 7.90. The average molecular weight is 293 g/mol. The molecule has 2 aromatic heterocycles. The van der Waals surface area contributed by atoms with E-state index in [-0.39, 0.29) is 5.91 Å². The molecule has 0 N–H and O–H groups in total. The van der Waals surface area contributed by atoms with Crippen LogP contribution in [0, 0.1) is 6.92 Å². The Morgan fingerprint density at radius 1 is 1.53 bits per heavy atom. The molecule has 0 bridgehead atoms. The number of amides is 1. The van der Waals surface area contributed by atoms with Crippen molar-refractivity contribution in [1.29, 1.82) is 0 Å². The summed E-state index contributed by atoms with van der Waals surface area (Å²) in [5.41, 5.74) is 2.56. The van der Waals surface area contributed by atoms with E-state index in [0.29, 0.717) is 17.1 Å². The van der Waals surface area contributed by atoms with Gasteiger partial charge in [-0.25, -0.2) is 0 Å². The van der Waals surface area contributed by atoms with Gasteiger partial charge >= 0.3 is 0 Å². The lowest BCUT2D eigenvalue weighted by Crippen LogP contribution is -2.35. The number of hydrogen-bond donors (Lipinski definition) is 0. The van der Waals surface area contributed by atoms with Crippen molar-refractivity contribution in [2.45, 2.75) is 19.9 Å². The standard InChI is InChI=1S/C14H13ClN2OS/c1-9-6-12(15)11(7-16-9)14(18)17-4-2-13-10(8-17)3-5-19-13/h3,5-7H,2,4,8H2,1H3. The molecular formula is C14H13ClN2OS. The van der Waals surface area contributed by atoms with Gasteiger partial charge in [0.05, 0.1) is 10.6 Å². The molecule has 5 heteroatoms. The number of nitrogens with zero attached hydrogens (tertiary/aromatic N) is 2. The van der Waals surface area contributed by atoms with Crippen LogP contribution in [-0.4, -0.2) is 22.3 Å². The van der Waals surface area contributed by atoms with E-state index in [4.69, 9.17) is 11.6 Å². The molecule has 1 aliphatic rings. The molecule has 3 nitrogen and oxygen atoms in total. The largest absolute Gasteiger partial charge is 0.334 e. The highest BCUT2D eigenvalue weighted by molar-refractivity contribution is 7.10. The fourth-order valence-corrected chi connectivity index (χ4v) is 3.45. The first-order valence-corrected chi connectivity index (χ1v) is 7.37. The maximum Gasteiger partial charge on any atom is 0.257 e. The molecule has 0 spiro atoms. The highest BCUT2D eigenvalue weighted by Gasteiger charge is 2.24. The number of fused-ring (bicyclic) bond motifs is 1. The molecule has 1 aliphatic heterocycles. The molecule has 0 saturated heterocycles. The van der Waals surface area contributed by atoms with Crippen molar-refractivity contribution in [2.75, 3.05) is 6.54 Å². The fourth-order valence-electron chi connectivity index (χ4n) is 2.28. The van der Waals surface area contributed by atoms with E-state index in [1.165, 1.54) is 10.4 Å². The van der Waals surface area contributed by atoms with Crippen molar-refractivity contribution in [2.24, 2.45) is 0 Å². The van der Waals surface area contributed by atoms with Crippen LogP contribution in [-0.2, 0) is 13.0 Å². The summed E-state index contributed by atoms with van der Waals surface area (Å²) in [5, 5.41) is 2.56. The summed E-state index contributed by atoms with van der Waals surface area (Å²) in [4.78, 5) is 19.9. The molecule has 98 valence electrons. The molecule has 3 rings (SSSR count). The lowest BCUT2D eigenvalue weighted by Gasteiger charge is -2.27. The van der Waals surface area contributed by atoms with Gasteiger partial charge in [-0.1, -0.05) is 11.6 Å². The van der Waals surface area contributed by atoms with E-state index >= 15 is 0 Å². The van der Waals surface area contributed by atoms with Gasteiger partial charge in [-0.3, -0.25) is 9.78 Å². The number of carbonyl (C=O) groups is 1. The van der Waals surface area contributed by atoms with Crippen LogP contribution >= 0.6 is 22.9 Å². The van der Waals surface area contributed by atoms with Crippen molar-refractivity contribution in [3.8, 4) is 0 Å². The summed E-state index contributed by atoms with van der Waals surface area (Å²) in [6.45, 7) is 3.27. The van der Waals surface area contributed by atoms with Gasteiger partial charge < -0.3 is 4.90 Å². The maximum absolute atomic E-state index is 12.5. The van der Waals surface area contributed by atoms with E-state index in [1.54, 1.807) is 23.6 Å². The van der Waals surface area contributed by atoms with E-state index in [9.17, 15) is 4.79 Å². The van der Waals surface area contributed by atoms with E-state index in [0.717, 1.165) is 18.7 Å². The van der Waals surface area contributed by atoms with E-state index in [1.807, 2.05) is 11.8 Å². The summed E-state index contributed by atoms with van der Waals surface area (Å²) in [6.07, 6.45) is 2.50. The summed E-state index contributed by atoms with van der Waals surface area (Å²) in [6, 6.07) is 3.82. The van der Waals surface area contributed by atoms with Gasteiger partial charge in [-0.15, -0.1) is 11.3 Å². The number of carbonyl (C=O) groups excluding carboxylic acids is 1. The van der Waals surface area contributed by atoms with Gasteiger partial charge in [0.2, 0.25) is 0 Å². The zero-order valence-corrected chi connectivity index (χ0v) is 12.1. The maximum atomic E-state index is 12.5. The van der Waals surface area contributed by atoms with Crippen molar-refractivity contribution in [3.05, 3.63) is 50.4 Å². The average Bonchev–Trinajstić information content (AvgIpc) is 2.85. The Bertz CT molecular complexity index is 638. The topological polar surface area (TPSA) is 33.2 Å². The Kier molecular flexibility index (Phi) is 3.29. The number of aromatic nitrogens is 1. The first kappa shape index (κ1) is 12.6. The van der Waals surface area contributed by atoms with Crippen molar-refractivity contribution >= 4 is 28.8 Å². The van der Waals surface area contributed by atoms with Crippen LogP contribution in [0.3, 0.4) is 0 Å². The Labute approximate surface area is 120 Å². The second kappa shape index (κ2) is 4.94. The highest BCUT2D eigenvalue weighted by Crippen LogP contribution is 2.26. The van der Waals surface area contributed by atoms with Crippen molar-refractivity contribution in [3.63, 3.8) is 0 Å². The second-order valence-corrected chi connectivity index (χ2v) is 6.06. The normalized spacial score (nSPS) is 14.3. The molecule has 0 saturated carbocycles. The third-order valence-corrected chi connectivity index (χ3v) is 4.65. The predicted octanol–water partition coefficient (Wildman–Crippen LogP) is 3.30. The van der Waals surface area contributed by atoms with E-state index < -0.39 is 0 Å². The molecule has 0 aliphatic carbocycles. The fraction of sp³-hybridized carbons (Fsp3) is 0.286. The van der Waals surface area contributed by atoms with Crippen molar-refractivity contribution < 1.29 is 4.79 Å². The smallest absolute Gasteiger partial charge is 0.257 e. The number of rotatable bonds is 1. The zero-order valence-electron chi connectivity index (χ0n) is 10.5. The molecule has 0 atom stereocenters. The SMILES string of the molecule is Cc1cc(Cl)c(C(=O)N2CCc3sccc3C2)cn1. The van der Waals surface area contributed by atoms with Crippen LogP contribution in [0.5, 0.6) is 0 Å². The Morgan fingerprint density at radius 2 is 2.37 bits per heavy atom. The quantitative estimate of drug-likeness (QED) is 0.808. The molecule has 3 heterocycles. The third-order valence-electron chi connectivity index (χ3n) is 3.32. The number of hydrogen-bond acceptors (Lipinski definition) is 3. The summed E-state index contributed by atoms with van der Waals surface area (Å²) in [5.74, 6) is -0.0330. The predicted molar refractivity (Wildman–Crippen MR) is 76.7 cm³/mol. The van der Waals surface area contributed by atoms with Crippen LogP contribution in [0.15, 0.2) is 23.7 Å². The van der Waals surface area contributed by atoms with E-state index in [2.05, 4.69) is 16.4 Å². The highest BCUT2D eigenvalue weighted by atomic mass is 35.5. The summed E-state index contributed by atoms with van der Waals surface area (Å²) < 4.78 is 0. The van der Waals surface area contributed by atoms with Gasteiger partial charge in [-0.05, 0) is 36.4 Å². The van der Waals surface area contributed by atoms with Gasteiger partial charge in [-0.2, -0.15) is 0 Å². The molecule has 2 aromatic rings. The van der Waals surface area contributed by atoms with Gasteiger partial charge in [0, 0.05) is 29.9 Å². The Hall–Kier alpha value is -1.39. The second-order valence-electron chi connectivity index (χ2n) is 4.65. The van der Waals surface area contributed by atoms with Gasteiger partial charge in [0.1, 0.15) is 0 Å². The van der Waals surface area contributed by atoms with Gasteiger partial charge in [0.15, 0.2) is 0 Å². The number of aryl methyl sites for hydroxylation is 1. The van der Waals surface area contributed by atoms with Gasteiger partial charge in [0.25, 0.3) is 5.91 Å². The number of halogens is 1.